The van der Waals surface area contributed by atoms with Crippen LogP contribution in [0.1, 0.15) is 23.3 Å². The first-order valence-electron chi connectivity index (χ1n) is 7.44. The highest BCUT2D eigenvalue weighted by Crippen LogP contribution is 2.22. The SMILES string of the molecule is NC(=O)[C@@H]1CCCN(C(=O)c2cc(-c3ccc(Cl)cc3)n[nH]2)C1. The molecule has 0 unspecified atom stereocenters. The van der Waals surface area contributed by atoms with E-state index in [9.17, 15) is 9.59 Å². The number of carbonyl (C=O) groups excluding carboxylic acids is 2. The topological polar surface area (TPSA) is 92.1 Å². The minimum Gasteiger partial charge on any atom is -0.369 e. The Labute approximate surface area is 138 Å². The minimum atomic E-state index is -0.353. The lowest BCUT2D eigenvalue weighted by atomic mass is 9.97. The van der Waals surface area contributed by atoms with Crippen LogP contribution in [0, 0.1) is 5.92 Å². The van der Waals surface area contributed by atoms with Gasteiger partial charge in [0.2, 0.25) is 5.91 Å². The number of halogens is 1. The van der Waals surface area contributed by atoms with Gasteiger partial charge in [0.15, 0.2) is 0 Å². The van der Waals surface area contributed by atoms with E-state index in [4.69, 9.17) is 17.3 Å². The molecule has 2 amide bonds. The van der Waals surface area contributed by atoms with Crippen molar-refractivity contribution in [1.29, 1.82) is 0 Å². The molecule has 2 aromatic rings. The molecule has 23 heavy (non-hydrogen) atoms. The average molecular weight is 333 g/mol. The molecule has 1 saturated heterocycles. The fraction of sp³-hybridized carbons (Fsp3) is 0.312. The van der Waals surface area contributed by atoms with Crippen LogP contribution in [0.3, 0.4) is 0 Å². The molecule has 0 radical (unpaired) electrons. The van der Waals surface area contributed by atoms with E-state index in [1.54, 1.807) is 23.1 Å². The summed E-state index contributed by atoms with van der Waals surface area (Å²) in [5, 5.41) is 7.59. The molecule has 0 spiro atoms. The number of piperidine rings is 1. The maximum Gasteiger partial charge on any atom is 0.271 e. The fourth-order valence-electron chi connectivity index (χ4n) is 2.76. The summed E-state index contributed by atoms with van der Waals surface area (Å²) in [4.78, 5) is 25.5. The van der Waals surface area contributed by atoms with E-state index in [2.05, 4.69) is 10.2 Å². The Morgan fingerprint density at radius 1 is 1.30 bits per heavy atom. The predicted octanol–water partition coefficient (Wildman–Crippen LogP) is 2.07. The molecule has 7 heteroatoms. The van der Waals surface area contributed by atoms with Crippen LogP contribution in [0.2, 0.25) is 5.02 Å². The highest BCUT2D eigenvalue weighted by atomic mass is 35.5. The van der Waals surface area contributed by atoms with Crippen molar-refractivity contribution >= 4 is 23.4 Å². The van der Waals surface area contributed by atoms with Gasteiger partial charge < -0.3 is 10.6 Å². The number of H-pyrrole nitrogens is 1. The Bertz CT molecular complexity index is 726. The van der Waals surface area contributed by atoms with E-state index in [0.717, 1.165) is 18.4 Å². The zero-order valence-corrected chi connectivity index (χ0v) is 13.2. The van der Waals surface area contributed by atoms with Crippen LogP contribution in [0.5, 0.6) is 0 Å². The molecule has 3 rings (SSSR count). The number of carbonyl (C=O) groups is 2. The second-order valence-corrected chi connectivity index (χ2v) is 6.10. The molecule has 0 saturated carbocycles. The molecule has 6 nitrogen and oxygen atoms in total. The van der Waals surface area contributed by atoms with Crippen LogP contribution in [0.15, 0.2) is 30.3 Å². The van der Waals surface area contributed by atoms with Gasteiger partial charge in [-0.2, -0.15) is 5.10 Å². The summed E-state index contributed by atoms with van der Waals surface area (Å²) in [5.41, 5.74) is 7.30. The lowest BCUT2D eigenvalue weighted by molar-refractivity contribution is -0.123. The molecule has 2 heterocycles. The second-order valence-electron chi connectivity index (χ2n) is 5.67. The molecule has 1 aliphatic rings. The molecule has 1 atom stereocenters. The van der Waals surface area contributed by atoms with Crippen molar-refractivity contribution in [2.45, 2.75) is 12.8 Å². The normalized spacial score (nSPS) is 18.0. The van der Waals surface area contributed by atoms with E-state index < -0.39 is 0 Å². The maximum absolute atomic E-state index is 12.5. The maximum atomic E-state index is 12.5. The number of amides is 2. The Hall–Kier alpha value is -2.34. The lowest BCUT2D eigenvalue weighted by Gasteiger charge is -2.30. The quantitative estimate of drug-likeness (QED) is 0.901. The molecule has 0 bridgehead atoms. The zero-order chi connectivity index (χ0) is 16.4. The number of rotatable bonds is 3. The first kappa shape index (κ1) is 15.6. The number of aromatic amines is 1. The van der Waals surface area contributed by atoms with Gasteiger partial charge in [0.1, 0.15) is 5.69 Å². The van der Waals surface area contributed by atoms with Gasteiger partial charge in [-0.25, -0.2) is 0 Å². The van der Waals surface area contributed by atoms with Crippen LogP contribution in [0.25, 0.3) is 11.3 Å². The van der Waals surface area contributed by atoms with Crippen molar-refractivity contribution in [3.05, 3.63) is 41.0 Å². The smallest absolute Gasteiger partial charge is 0.271 e. The summed E-state index contributed by atoms with van der Waals surface area (Å²) in [6, 6.07) is 8.94. The number of hydrogen-bond donors (Lipinski definition) is 2. The van der Waals surface area contributed by atoms with Gasteiger partial charge in [-0.15, -0.1) is 0 Å². The molecule has 1 aromatic heterocycles. The summed E-state index contributed by atoms with van der Waals surface area (Å²) in [6.07, 6.45) is 1.51. The second kappa shape index (κ2) is 6.42. The van der Waals surface area contributed by atoms with Crippen LogP contribution in [0.4, 0.5) is 0 Å². The molecule has 0 aliphatic carbocycles. The number of nitrogens with one attached hydrogen (secondary N) is 1. The van der Waals surface area contributed by atoms with Crippen LogP contribution in [-0.2, 0) is 4.79 Å². The summed E-state index contributed by atoms with van der Waals surface area (Å²) in [5.74, 6) is -0.788. The van der Waals surface area contributed by atoms with Crippen molar-refractivity contribution in [3.8, 4) is 11.3 Å². The third-order valence-corrected chi connectivity index (χ3v) is 4.31. The number of aromatic nitrogens is 2. The van der Waals surface area contributed by atoms with Crippen LogP contribution < -0.4 is 5.73 Å². The number of nitrogens with zero attached hydrogens (tertiary/aromatic N) is 2. The van der Waals surface area contributed by atoms with E-state index in [0.29, 0.717) is 29.5 Å². The number of likely N-dealkylation sites (tertiary alicyclic amines) is 1. The largest absolute Gasteiger partial charge is 0.369 e. The average Bonchev–Trinajstić information content (AvgIpc) is 3.05. The van der Waals surface area contributed by atoms with Crippen molar-refractivity contribution in [3.63, 3.8) is 0 Å². The summed E-state index contributed by atoms with van der Waals surface area (Å²) >= 11 is 5.87. The molecular weight excluding hydrogens is 316 g/mol. The number of nitrogens with two attached hydrogens (primary N) is 1. The zero-order valence-electron chi connectivity index (χ0n) is 12.5. The third-order valence-electron chi connectivity index (χ3n) is 4.06. The summed E-state index contributed by atoms with van der Waals surface area (Å²) in [7, 11) is 0. The van der Waals surface area contributed by atoms with Crippen LogP contribution >= 0.6 is 11.6 Å². The Morgan fingerprint density at radius 2 is 2.04 bits per heavy atom. The van der Waals surface area contributed by atoms with Gasteiger partial charge in [-0.3, -0.25) is 14.7 Å². The van der Waals surface area contributed by atoms with Crippen molar-refractivity contribution < 1.29 is 9.59 Å². The Balaban J connectivity index is 1.75. The van der Waals surface area contributed by atoms with Crippen molar-refractivity contribution in [2.24, 2.45) is 11.7 Å². The standard InChI is InChI=1S/C16H17ClN4O2/c17-12-5-3-10(4-6-12)13-8-14(20-19-13)16(23)21-7-1-2-11(9-21)15(18)22/h3-6,8,11H,1-2,7,9H2,(H2,18,22)(H,19,20)/t11-/m1/s1. The highest BCUT2D eigenvalue weighted by Gasteiger charge is 2.28. The Kier molecular flexibility index (Phi) is 4.34. The highest BCUT2D eigenvalue weighted by molar-refractivity contribution is 6.30. The molecule has 1 fully saturated rings. The number of hydrogen-bond acceptors (Lipinski definition) is 3. The molecule has 120 valence electrons. The van der Waals surface area contributed by atoms with Gasteiger partial charge in [-0.05, 0) is 31.0 Å². The third kappa shape index (κ3) is 3.37. The first-order chi connectivity index (χ1) is 11.0. The van der Waals surface area contributed by atoms with Gasteiger partial charge >= 0.3 is 0 Å². The van der Waals surface area contributed by atoms with Crippen LogP contribution in [-0.4, -0.2) is 40.0 Å². The molecule has 1 aromatic carbocycles. The minimum absolute atomic E-state index is 0.163. The molecule has 3 N–H and O–H groups in total. The van der Waals surface area contributed by atoms with Gasteiger partial charge in [0.05, 0.1) is 11.6 Å². The van der Waals surface area contributed by atoms with Crippen molar-refractivity contribution in [2.75, 3.05) is 13.1 Å². The first-order valence-corrected chi connectivity index (χ1v) is 7.82. The number of primary amides is 1. The molecule has 1 aliphatic heterocycles. The summed E-state index contributed by atoms with van der Waals surface area (Å²) < 4.78 is 0. The monoisotopic (exact) mass is 332 g/mol. The van der Waals surface area contributed by atoms with E-state index in [1.807, 2.05) is 12.1 Å². The number of benzene rings is 1. The lowest BCUT2D eigenvalue weighted by Crippen LogP contribution is -2.44. The predicted molar refractivity (Wildman–Crippen MR) is 86.9 cm³/mol. The van der Waals surface area contributed by atoms with Gasteiger partial charge in [0, 0.05) is 23.7 Å². The van der Waals surface area contributed by atoms with Gasteiger partial charge in [-0.1, -0.05) is 23.7 Å². The van der Waals surface area contributed by atoms with Crippen molar-refractivity contribution in [1.82, 2.24) is 15.1 Å². The van der Waals surface area contributed by atoms with E-state index in [1.165, 1.54) is 0 Å². The van der Waals surface area contributed by atoms with Gasteiger partial charge in [0.25, 0.3) is 5.91 Å². The Morgan fingerprint density at radius 3 is 2.74 bits per heavy atom. The summed E-state index contributed by atoms with van der Waals surface area (Å²) in [6.45, 7) is 0.987. The van der Waals surface area contributed by atoms with E-state index in [-0.39, 0.29) is 17.7 Å². The van der Waals surface area contributed by atoms with E-state index >= 15 is 0 Å². The fourth-order valence-corrected chi connectivity index (χ4v) is 2.89. The molecular formula is C16H17ClN4O2.